The van der Waals surface area contributed by atoms with Gasteiger partial charge in [-0.3, -0.25) is 14.4 Å². The van der Waals surface area contributed by atoms with Crippen molar-refractivity contribution in [2.75, 3.05) is 19.6 Å². The van der Waals surface area contributed by atoms with Crippen molar-refractivity contribution in [2.24, 2.45) is 0 Å². The minimum absolute atomic E-state index is 0.0201. The van der Waals surface area contributed by atoms with E-state index < -0.39 is 5.54 Å². The normalized spacial score (nSPS) is 22.2. The maximum atomic E-state index is 12.6. The molecule has 0 aromatic heterocycles. The Morgan fingerprint density at radius 1 is 1.07 bits per heavy atom. The predicted octanol–water partition coefficient (Wildman–Crippen LogP) is 1.77. The second kappa shape index (κ2) is 7.62. The monoisotopic (exact) mass is 379 g/mol. The summed E-state index contributed by atoms with van der Waals surface area (Å²) in [7, 11) is 0. The highest BCUT2D eigenvalue weighted by atomic mass is 16.2. The zero-order valence-corrected chi connectivity index (χ0v) is 15.9. The van der Waals surface area contributed by atoms with E-state index in [1.165, 1.54) is 16.3 Å². The SMILES string of the molecule is O=C1CN(C(=O)CCC2(Cc3cccc4ccccc34)CCC(=O)N2)CCN1. The number of hydrogen-bond donors (Lipinski definition) is 2. The number of benzene rings is 2. The molecule has 6 heteroatoms. The Morgan fingerprint density at radius 2 is 1.89 bits per heavy atom. The molecule has 2 saturated heterocycles. The third kappa shape index (κ3) is 3.86. The smallest absolute Gasteiger partial charge is 0.239 e. The maximum Gasteiger partial charge on any atom is 0.239 e. The zero-order chi connectivity index (χ0) is 19.6. The van der Waals surface area contributed by atoms with Crippen LogP contribution in [-0.2, 0) is 20.8 Å². The van der Waals surface area contributed by atoms with E-state index in [0.717, 1.165) is 6.42 Å². The molecule has 0 aliphatic carbocycles. The number of fused-ring (bicyclic) bond motifs is 1. The van der Waals surface area contributed by atoms with Crippen molar-refractivity contribution < 1.29 is 14.4 Å². The van der Waals surface area contributed by atoms with Gasteiger partial charge in [0.1, 0.15) is 0 Å². The summed E-state index contributed by atoms with van der Waals surface area (Å²) < 4.78 is 0. The maximum absolute atomic E-state index is 12.6. The summed E-state index contributed by atoms with van der Waals surface area (Å²) >= 11 is 0. The van der Waals surface area contributed by atoms with Crippen LogP contribution in [0.5, 0.6) is 0 Å². The van der Waals surface area contributed by atoms with Crippen LogP contribution < -0.4 is 10.6 Å². The minimum atomic E-state index is -0.408. The Morgan fingerprint density at radius 3 is 2.68 bits per heavy atom. The number of nitrogens with one attached hydrogen (secondary N) is 2. The summed E-state index contributed by atoms with van der Waals surface area (Å²) in [5.74, 6) is -0.0856. The van der Waals surface area contributed by atoms with Gasteiger partial charge in [0, 0.05) is 31.5 Å². The van der Waals surface area contributed by atoms with Crippen LogP contribution in [0.25, 0.3) is 10.8 Å². The van der Waals surface area contributed by atoms with Crippen LogP contribution >= 0.6 is 0 Å². The van der Waals surface area contributed by atoms with Gasteiger partial charge in [-0.1, -0.05) is 42.5 Å². The van der Waals surface area contributed by atoms with E-state index in [0.29, 0.717) is 38.8 Å². The molecule has 0 spiro atoms. The Labute approximate surface area is 164 Å². The second-order valence-corrected chi connectivity index (χ2v) is 7.81. The molecule has 1 atom stereocenters. The molecule has 146 valence electrons. The molecule has 0 saturated carbocycles. The van der Waals surface area contributed by atoms with E-state index in [9.17, 15) is 14.4 Å². The van der Waals surface area contributed by atoms with Crippen molar-refractivity contribution in [3.05, 3.63) is 48.0 Å². The van der Waals surface area contributed by atoms with Crippen LogP contribution in [0.15, 0.2) is 42.5 Å². The largest absolute Gasteiger partial charge is 0.353 e. The number of rotatable bonds is 5. The third-order valence-corrected chi connectivity index (χ3v) is 5.85. The molecule has 4 rings (SSSR count). The lowest BCUT2D eigenvalue weighted by atomic mass is 9.83. The molecule has 6 nitrogen and oxygen atoms in total. The van der Waals surface area contributed by atoms with Gasteiger partial charge in [-0.2, -0.15) is 0 Å². The fourth-order valence-electron chi connectivity index (χ4n) is 4.35. The average Bonchev–Trinajstić information content (AvgIpc) is 3.07. The lowest BCUT2D eigenvalue weighted by Crippen LogP contribution is -2.51. The molecule has 0 bridgehead atoms. The van der Waals surface area contributed by atoms with Gasteiger partial charge in [-0.05, 0) is 35.6 Å². The molecule has 3 amide bonds. The molecular weight excluding hydrogens is 354 g/mol. The van der Waals surface area contributed by atoms with Gasteiger partial charge in [-0.25, -0.2) is 0 Å². The van der Waals surface area contributed by atoms with Crippen LogP contribution in [-0.4, -0.2) is 47.8 Å². The van der Waals surface area contributed by atoms with Gasteiger partial charge in [0.2, 0.25) is 17.7 Å². The van der Waals surface area contributed by atoms with Gasteiger partial charge < -0.3 is 15.5 Å². The molecule has 2 heterocycles. The molecule has 28 heavy (non-hydrogen) atoms. The van der Waals surface area contributed by atoms with E-state index in [2.05, 4.69) is 34.9 Å². The number of nitrogens with zero attached hydrogens (tertiary/aromatic N) is 1. The molecule has 0 radical (unpaired) electrons. The van der Waals surface area contributed by atoms with Gasteiger partial charge in [0.05, 0.1) is 6.54 Å². The number of carbonyl (C=O) groups is 3. The van der Waals surface area contributed by atoms with Crippen molar-refractivity contribution in [1.29, 1.82) is 0 Å². The molecular formula is C22H25N3O3. The fraction of sp³-hybridized carbons (Fsp3) is 0.409. The number of carbonyl (C=O) groups excluding carboxylic acids is 3. The van der Waals surface area contributed by atoms with Crippen LogP contribution in [0.1, 0.15) is 31.2 Å². The van der Waals surface area contributed by atoms with E-state index in [1.807, 2.05) is 18.2 Å². The van der Waals surface area contributed by atoms with Gasteiger partial charge in [-0.15, -0.1) is 0 Å². The van der Waals surface area contributed by atoms with Crippen LogP contribution in [0.2, 0.25) is 0 Å². The second-order valence-electron chi connectivity index (χ2n) is 7.81. The van der Waals surface area contributed by atoms with Crippen molar-refractivity contribution >= 4 is 28.5 Å². The van der Waals surface area contributed by atoms with Crippen molar-refractivity contribution in [2.45, 2.75) is 37.6 Å². The third-order valence-electron chi connectivity index (χ3n) is 5.85. The van der Waals surface area contributed by atoms with Crippen LogP contribution in [0.3, 0.4) is 0 Å². The van der Waals surface area contributed by atoms with Gasteiger partial charge in [0.25, 0.3) is 0 Å². The quantitative estimate of drug-likeness (QED) is 0.831. The first-order chi connectivity index (χ1) is 13.5. The summed E-state index contributed by atoms with van der Waals surface area (Å²) in [5, 5.41) is 8.26. The van der Waals surface area contributed by atoms with Crippen LogP contribution in [0.4, 0.5) is 0 Å². The van der Waals surface area contributed by atoms with Gasteiger partial charge >= 0.3 is 0 Å². The molecule has 2 N–H and O–H groups in total. The molecule has 2 aliphatic rings. The highest BCUT2D eigenvalue weighted by molar-refractivity contribution is 5.87. The van der Waals surface area contributed by atoms with Crippen molar-refractivity contribution in [1.82, 2.24) is 15.5 Å². The molecule has 2 aliphatic heterocycles. The zero-order valence-electron chi connectivity index (χ0n) is 15.9. The summed E-state index contributed by atoms with van der Waals surface area (Å²) in [5.41, 5.74) is 0.777. The molecule has 2 aromatic carbocycles. The Hall–Kier alpha value is -2.89. The standard InChI is InChI=1S/C22H25N3O3/c26-19-8-10-22(24-19,11-9-21(28)25-13-12-23-20(27)15-25)14-17-6-3-5-16-4-1-2-7-18(16)17/h1-7H,8-15H2,(H,23,27)(H,24,26). The van der Waals surface area contributed by atoms with Crippen LogP contribution in [0, 0.1) is 0 Å². The summed E-state index contributed by atoms with van der Waals surface area (Å²) in [6, 6.07) is 14.5. The lowest BCUT2D eigenvalue weighted by Gasteiger charge is -2.32. The fourth-order valence-corrected chi connectivity index (χ4v) is 4.35. The lowest BCUT2D eigenvalue weighted by molar-refractivity contribution is -0.138. The first-order valence-electron chi connectivity index (χ1n) is 9.87. The predicted molar refractivity (Wildman–Crippen MR) is 107 cm³/mol. The van der Waals surface area contributed by atoms with Crippen molar-refractivity contribution in [3.8, 4) is 0 Å². The molecule has 2 aromatic rings. The number of hydrogen-bond acceptors (Lipinski definition) is 3. The van der Waals surface area contributed by atoms with E-state index >= 15 is 0 Å². The Balaban J connectivity index is 1.51. The first kappa shape index (κ1) is 18.5. The summed E-state index contributed by atoms with van der Waals surface area (Å²) in [6.07, 6.45) is 2.83. The summed E-state index contributed by atoms with van der Waals surface area (Å²) in [6.45, 7) is 1.18. The molecule has 2 fully saturated rings. The first-order valence-corrected chi connectivity index (χ1v) is 9.87. The van der Waals surface area contributed by atoms with E-state index in [4.69, 9.17) is 0 Å². The van der Waals surface area contributed by atoms with E-state index in [1.54, 1.807) is 4.90 Å². The minimum Gasteiger partial charge on any atom is -0.353 e. The highest BCUT2D eigenvalue weighted by Gasteiger charge is 2.38. The van der Waals surface area contributed by atoms with Gasteiger partial charge in [0.15, 0.2) is 0 Å². The topological polar surface area (TPSA) is 78.5 Å². The Kier molecular flexibility index (Phi) is 5.03. The number of piperazine rings is 1. The Bertz CT molecular complexity index is 921. The summed E-state index contributed by atoms with van der Waals surface area (Å²) in [4.78, 5) is 37.8. The molecule has 1 unspecified atom stereocenters. The number of amides is 3. The average molecular weight is 379 g/mol. The highest BCUT2D eigenvalue weighted by Crippen LogP contribution is 2.32. The van der Waals surface area contributed by atoms with Crippen molar-refractivity contribution in [3.63, 3.8) is 0 Å². The van der Waals surface area contributed by atoms with E-state index in [-0.39, 0.29) is 24.3 Å².